The number of nitrogens with one attached hydrogen (secondary N) is 1. The lowest BCUT2D eigenvalue weighted by Gasteiger charge is -2.25. The van der Waals surface area contributed by atoms with Gasteiger partial charge < -0.3 is 16.0 Å². The standard InChI is InChI=1S/C23H22N4O3/c24-22(30)18-4-2-16(3-5-18)17-9-11-27(12-10-17)21(29)8-1-15-13-19-6-7-20(28)26-23(19)25-14-15/h1-5,8-9,13-14H,6-7,10-12H2,(H2,24,30)(H,25,26,28). The topological polar surface area (TPSA) is 105 Å². The Bertz CT molecular complexity index is 1070. The van der Waals surface area contributed by atoms with Crippen LogP contribution < -0.4 is 11.1 Å². The van der Waals surface area contributed by atoms with Crippen LogP contribution in [0, 0.1) is 0 Å². The molecule has 3 N–H and O–H groups in total. The number of nitrogens with two attached hydrogens (primary N) is 1. The van der Waals surface area contributed by atoms with Crippen molar-refractivity contribution in [3.63, 3.8) is 0 Å². The van der Waals surface area contributed by atoms with Crippen molar-refractivity contribution in [2.75, 3.05) is 18.4 Å². The summed E-state index contributed by atoms with van der Waals surface area (Å²) in [6.45, 7) is 1.16. The van der Waals surface area contributed by atoms with E-state index >= 15 is 0 Å². The minimum Gasteiger partial charge on any atom is -0.366 e. The molecule has 3 amide bonds. The summed E-state index contributed by atoms with van der Waals surface area (Å²) in [7, 11) is 0. The van der Waals surface area contributed by atoms with Crippen LogP contribution in [0.3, 0.4) is 0 Å². The Morgan fingerprint density at radius 2 is 1.93 bits per heavy atom. The minimum atomic E-state index is -0.443. The van der Waals surface area contributed by atoms with Gasteiger partial charge >= 0.3 is 0 Å². The van der Waals surface area contributed by atoms with Crippen molar-refractivity contribution in [1.82, 2.24) is 9.88 Å². The van der Waals surface area contributed by atoms with E-state index < -0.39 is 5.91 Å². The molecule has 0 atom stereocenters. The van der Waals surface area contributed by atoms with E-state index in [0.717, 1.165) is 28.7 Å². The molecule has 1 aromatic heterocycles. The molecule has 152 valence electrons. The summed E-state index contributed by atoms with van der Waals surface area (Å²) in [6, 6.07) is 9.16. The Hall–Kier alpha value is -3.74. The van der Waals surface area contributed by atoms with Crippen LogP contribution in [0.15, 0.2) is 48.7 Å². The number of aromatic nitrogens is 1. The van der Waals surface area contributed by atoms with Crippen LogP contribution in [0.25, 0.3) is 11.6 Å². The van der Waals surface area contributed by atoms with Gasteiger partial charge in [-0.25, -0.2) is 4.98 Å². The lowest BCUT2D eigenvalue weighted by atomic mass is 9.98. The molecule has 3 heterocycles. The van der Waals surface area contributed by atoms with Crippen molar-refractivity contribution < 1.29 is 14.4 Å². The Kier molecular flexibility index (Phi) is 5.43. The van der Waals surface area contributed by atoms with Gasteiger partial charge in [0.25, 0.3) is 0 Å². The van der Waals surface area contributed by atoms with Gasteiger partial charge in [0.1, 0.15) is 5.82 Å². The molecule has 2 aromatic rings. The zero-order chi connectivity index (χ0) is 21.1. The summed E-state index contributed by atoms with van der Waals surface area (Å²) < 4.78 is 0. The van der Waals surface area contributed by atoms with Crippen LogP contribution >= 0.6 is 0 Å². The van der Waals surface area contributed by atoms with E-state index in [1.807, 2.05) is 24.3 Å². The van der Waals surface area contributed by atoms with E-state index in [2.05, 4.69) is 10.3 Å². The van der Waals surface area contributed by atoms with E-state index in [1.54, 1.807) is 35.4 Å². The van der Waals surface area contributed by atoms with Crippen LogP contribution in [0.1, 0.15) is 39.9 Å². The first-order chi connectivity index (χ1) is 14.5. The number of pyridine rings is 1. The van der Waals surface area contributed by atoms with Crippen LogP contribution in [-0.2, 0) is 16.0 Å². The molecule has 0 bridgehead atoms. The first kappa shape index (κ1) is 19.6. The van der Waals surface area contributed by atoms with Gasteiger partial charge in [0.2, 0.25) is 17.7 Å². The summed E-state index contributed by atoms with van der Waals surface area (Å²) in [5.41, 5.74) is 9.77. The second-order valence-electron chi connectivity index (χ2n) is 7.36. The molecule has 0 unspecified atom stereocenters. The SMILES string of the molecule is NC(=O)c1ccc(C2=CCN(C(=O)C=Cc3cnc4c(c3)CCC(=O)N4)CC2)cc1. The summed E-state index contributed by atoms with van der Waals surface area (Å²) in [5.74, 6) is 0.0871. The minimum absolute atomic E-state index is 0.0187. The summed E-state index contributed by atoms with van der Waals surface area (Å²) in [6.07, 6.45) is 8.86. The number of carbonyl (C=O) groups is 3. The predicted octanol–water partition coefficient (Wildman–Crippen LogP) is 2.39. The molecule has 0 aliphatic carbocycles. The molecule has 2 aliphatic rings. The molecule has 0 spiro atoms. The third-order valence-corrected chi connectivity index (χ3v) is 5.35. The largest absolute Gasteiger partial charge is 0.366 e. The number of fused-ring (bicyclic) bond motifs is 1. The Morgan fingerprint density at radius 3 is 2.63 bits per heavy atom. The van der Waals surface area contributed by atoms with Gasteiger partial charge in [0.05, 0.1) is 0 Å². The molecule has 30 heavy (non-hydrogen) atoms. The lowest BCUT2D eigenvalue weighted by molar-refractivity contribution is -0.125. The third kappa shape index (κ3) is 4.30. The van der Waals surface area contributed by atoms with Gasteiger partial charge in [-0.2, -0.15) is 0 Å². The van der Waals surface area contributed by atoms with Crippen molar-refractivity contribution in [1.29, 1.82) is 0 Å². The number of anilines is 1. The molecule has 7 heteroatoms. The summed E-state index contributed by atoms with van der Waals surface area (Å²) >= 11 is 0. The second kappa shape index (κ2) is 8.32. The highest BCUT2D eigenvalue weighted by atomic mass is 16.2. The van der Waals surface area contributed by atoms with Crippen molar-refractivity contribution >= 4 is 35.2 Å². The number of primary amides is 1. The third-order valence-electron chi connectivity index (χ3n) is 5.35. The Morgan fingerprint density at radius 1 is 1.13 bits per heavy atom. The number of hydrogen-bond acceptors (Lipinski definition) is 4. The molecule has 0 saturated carbocycles. The number of benzene rings is 1. The predicted molar refractivity (Wildman–Crippen MR) is 114 cm³/mol. The molecule has 1 aromatic carbocycles. The fourth-order valence-electron chi connectivity index (χ4n) is 3.62. The van der Waals surface area contributed by atoms with E-state index in [0.29, 0.717) is 37.3 Å². The van der Waals surface area contributed by atoms with Crippen LogP contribution in [0.4, 0.5) is 5.82 Å². The maximum Gasteiger partial charge on any atom is 0.248 e. The first-order valence-electron chi connectivity index (χ1n) is 9.84. The number of nitrogens with zero attached hydrogens (tertiary/aromatic N) is 2. The van der Waals surface area contributed by atoms with Crippen molar-refractivity contribution in [3.8, 4) is 0 Å². The van der Waals surface area contributed by atoms with E-state index in [9.17, 15) is 14.4 Å². The van der Waals surface area contributed by atoms with Crippen molar-refractivity contribution in [2.45, 2.75) is 19.3 Å². The normalized spacial score (nSPS) is 16.1. The lowest BCUT2D eigenvalue weighted by Crippen LogP contribution is -2.33. The van der Waals surface area contributed by atoms with Gasteiger partial charge in [-0.05, 0) is 59.4 Å². The Labute approximate surface area is 174 Å². The monoisotopic (exact) mass is 402 g/mol. The quantitative estimate of drug-likeness (QED) is 0.766. The van der Waals surface area contributed by atoms with E-state index in [4.69, 9.17) is 5.73 Å². The molecule has 2 aliphatic heterocycles. The fourth-order valence-corrected chi connectivity index (χ4v) is 3.62. The van der Waals surface area contributed by atoms with Crippen LogP contribution in [0.5, 0.6) is 0 Å². The second-order valence-corrected chi connectivity index (χ2v) is 7.36. The smallest absolute Gasteiger partial charge is 0.248 e. The van der Waals surface area contributed by atoms with E-state index in [1.165, 1.54) is 0 Å². The maximum atomic E-state index is 12.5. The number of hydrogen-bond donors (Lipinski definition) is 2. The van der Waals surface area contributed by atoms with Crippen molar-refractivity contribution in [3.05, 3.63) is 70.9 Å². The average molecular weight is 402 g/mol. The number of amides is 3. The van der Waals surface area contributed by atoms with Crippen molar-refractivity contribution in [2.24, 2.45) is 5.73 Å². The van der Waals surface area contributed by atoms with E-state index in [-0.39, 0.29) is 11.8 Å². The highest BCUT2D eigenvalue weighted by molar-refractivity contribution is 5.94. The van der Waals surface area contributed by atoms with Gasteiger partial charge in [0.15, 0.2) is 0 Å². The zero-order valence-electron chi connectivity index (χ0n) is 16.4. The van der Waals surface area contributed by atoms with Gasteiger partial charge in [0, 0.05) is 37.3 Å². The first-order valence-corrected chi connectivity index (χ1v) is 9.84. The molecule has 0 fully saturated rings. The molecule has 0 radical (unpaired) electrons. The zero-order valence-corrected chi connectivity index (χ0v) is 16.4. The molecular weight excluding hydrogens is 380 g/mol. The fraction of sp³-hybridized carbons (Fsp3) is 0.217. The van der Waals surface area contributed by atoms with Gasteiger partial charge in [-0.15, -0.1) is 0 Å². The molecule has 4 rings (SSSR count). The Balaban J connectivity index is 1.38. The highest BCUT2D eigenvalue weighted by Crippen LogP contribution is 2.24. The summed E-state index contributed by atoms with van der Waals surface area (Å²) in [5, 5.41) is 2.75. The number of rotatable bonds is 4. The molecular formula is C23H22N4O3. The highest BCUT2D eigenvalue weighted by Gasteiger charge is 2.17. The maximum absolute atomic E-state index is 12.5. The summed E-state index contributed by atoms with van der Waals surface area (Å²) in [4.78, 5) is 41.2. The molecule has 7 nitrogen and oxygen atoms in total. The number of carbonyl (C=O) groups excluding carboxylic acids is 3. The van der Waals surface area contributed by atoms with Gasteiger partial charge in [-0.3, -0.25) is 14.4 Å². The van der Waals surface area contributed by atoms with Crippen LogP contribution in [-0.4, -0.2) is 40.7 Å². The van der Waals surface area contributed by atoms with Crippen LogP contribution in [0.2, 0.25) is 0 Å². The molecule has 0 saturated heterocycles. The number of aryl methyl sites for hydroxylation is 1. The average Bonchev–Trinajstić information content (AvgIpc) is 2.77. The van der Waals surface area contributed by atoms with Gasteiger partial charge in [-0.1, -0.05) is 18.2 Å².